The molecule has 0 bridgehead atoms. The Balaban J connectivity index is 2.81. The van der Waals surface area contributed by atoms with Crippen molar-refractivity contribution < 1.29 is 9.47 Å². The van der Waals surface area contributed by atoms with Gasteiger partial charge in [0.15, 0.2) is 11.5 Å². The fraction of sp³-hybridized carbons (Fsp3) is 0.625. The first kappa shape index (κ1) is 15.8. The van der Waals surface area contributed by atoms with Crippen LogP contribution in [0.25, 0.3) is 0 Å². The van der Waals surface area contributed by atoms with Crippen LogP contribution in [0, 0.1) is 0 Å². The van der Waals surface area contributed by atoms with E-state index in [4.69, 9.17) is 15.2 Å². The number of rotatable bonds is 8. The van der Waals surface area contributed by atoms with Crippen molar-refractivity contribution in [3.63, 3.8) is 0 Å². The van der Waals surface area contributed by atoms with Crippen LogP contribution in [0.2, 0.25) is 0 Å². The Kier molecular flexibility index (Phi) is 6.71. The van der Waals surface area contributed by atoms with Crippen LogP contribution in [0.1, 0.15) is 52.0 Å². The van der Waals surface area contributed by atoms with Crippen LogP contribution >= 0.6 is 0 Å². The molecule has 0 heterocycles. The minimum atomic E-state index is 0.261. The summed E-state index contributed by atoms with van der Waals surface area (Å²) in [6, 6.07) is 6.49. The third-order valence-electron chi connectivity index (χ3n) is 3.19. The quantitative estimate of drug-likeness (QED) is 0.779. The Morgan fingerprint density at radius 1 is 1.00 bits per heavy atom. The lowest BCUT2D eigenvalue weighted by atomic mass is 9.94. The van der Waals surface area contributed by atoms with Crippen molar-refractivity contribution in [2.75, 3.05) is 13.2 Å². The predicted molar refractivity (Wildman–Crippen MR) is 80.1 cm³/mol. The van der Waals surface area contributed by atoms with E-state index in [9.17, 15) is 0 Å². The smallest absolute Gasteiger partial charge is 0.161 e. The van der Waals surface area contributed by atoms with E-state index in [1.807, 2.05) is 19.9 Å². The van der Waals surface area contributed by atoms with Crippen molar-refractivity contribution in [1.82, 2.24) is 0 Å². The lowest BCUT2D eigenvalue weighted by Gasteiger charge is -2.17. The number of hydrogen-bond acceptors (Lipinski definition) is 3. The lowest BCUT2D eigenvalue weighted by Crippen LogP contribution is -2.15. The Hall–Kier alpha value is -1.22. The second-order valence-corrected chi connectivity index (χ2v) is 5.03. The summed E-state index contributed by atoms with van der Waals surface area (Å²) in [6.45, 7) is 9.55. The maximum absolute atomic E-state index is 5.82. The van der Waals surface area contributed by atoms with Crippen LogP contribution in [0.3, 0.4) is 0 Å². The topological polar surface area (TPSA) is 44.5 Å². The minimum absolute atomic E-state index is 0.261. The molecule has 0 aromatic heterocycles. The lowest BCUT2D eigenvalue weighted by molar-refractivity contribution is 0.287. The molecule has 3 nitrogen and oxygen atoms in total. The molecule has 0 aliphatic carbocycles. The molecule has 0 saturated carbocycles. The van der Waals surface area contributed by atoms with E-state index in [0.717, 1.165) is 24.3 Å². The monoisotopic (exact) mass is 265 g/mol. The molecule has 19 heavy (non-hydrogen) atoms. The summed E-state index contributed by atoms with van der Waals surface area (Å²) >= 11 is 0. The molecule has 1 rings (SSSR count). The van der Waals surface area contributed by atoms with Crippen LogP contribution in [0.4, 0.5) is 0 Å². The molecule has 2 unspecified atom stereocenters. The first-order chi connectivity index (χ1) is 9.08. The van der Waals surface area contributed by atoms with E-state index < -0.39 is 0 Å². The summed E-state index contributed by atoms with van der Waals surface area (Å²) in [6.07, 6.45) is 2.13. The molecule has 0 radical (unpaired) electrons. The van der Waals surface area contributed by atoms with Crippen LogP contribution in [-0.4, -0.2) is 19.3 Å². The largest absolute Gasteiger partial charge is 0.490 e. The third kappa shape index (κ3) is 5.11. The molecule has 2 atom stereocenters. The predicted octanol–water partition coefficient (Wildman–Crippen LogP) is 3.71. The van der Waals surface area contributed by atoms with Crippen molar-refractivity contribution in [2.24, 2.45) is 5.73 Å². The molecule has 2 N–H and O–H groups in total. The highest BCUT2D eigenvalue weighted by molar-refractivity contribution is 5.44. The molecule has 1 aromatic carbocycles. The normalized spacial score (nSPS) is 13.9. The highest BCUT2D eigenvalue weighted by atomic mass is 16.5. The van der Waals surface area contributed by atoms with Gasteiger partial charge in [-0.15, -0.1) is 0 Å². The SMILES string of the molecule is CCOc1ccc(C(C)CCC(C)N)cc1OCC. The van der Waals surface area contributed by atoms with E-state index in [1.54, 1.807) is 0 Å². The highest BCUT2D eigenvalue weighted by Gasteiger charge is 2.11. The Morgan fingerprint density at radius 2 is 1.63 bits per heavy atom. The van der Waals surface area contributed by atoms with Gasteiger partial charge in [-0.05, 0) is 57.2 Å². The maximum atomic E-state index is 5.82. The molecular weight excluding hydrogens is 238 g/mol. The first-order valence-corrected chi connectivity index (χ1v) is 7.23. The fourth-order valence-electron chi connectivity index (χ4n) is 2.05. The van der Waals surface area contributed by atoms with E-state index >= 15 is 0 Å². The van der Waals surface area contributed by atoms with Gasteiger partial charge in [0.1, 0.15) is 0 Å². The van der Waals surface area contributed by atoms with Crippen molar-refractivity contribution in [2.45, 2.75) is 52.5 Å². The van der Waals surface area contributed by atoms with Gasteiger partial charge in [0.05, 0.1) is 13.2 Å². The van der Waals surface area contributed by atoms with Gasteiger partial charge in [0, 0.05) is 6.04 Å². The van der Waals surface area contributed by atoms with Crippen LogP contribution in [0.5, 0.6) is 11.5 Å². The molecule has 0 aliphatic heterocycles. The molecule has 0 fully saturated rings. The van der Waals surface area contributed by atoms with Crippen LogP contribution in [-0.2, 0) is 0 Å². The molecule has 0 spiro atoms. The summed E-state index contributed by atoms with van der Waals surface area (Å²) in [4.78, 5) is 0. The summed E-state index contributed by atoms with van der Waals surface area (Å²) in [7, 11) is 0. The second-order valence-electron chi connectivity index (χ2n) is 5.03. The summed E-state index contributed by atoms with van der Waals surface area (Å²) < 4.78 is 11.2. The average Bonchev–Trinajstić information content (AvgIpc) is 2.38. The average molecular weight is 265 g/mol. The second kappa shape index (κ2) is 8.05. The Labute approximate surface area is 117 Å². The van der Waals surface area contributed by atoms with Crippen molar-refractivity contribution in [1.29, 1.82) is 0 Å². The van der Waals surface area contributed by atoms with Crippen LogP contribution < -0.4 is 15.2 Å². The minimum Gasteiger partial charge on any atom is -0.490 e. The van der Waals surface area contributed by atoms with E-state index in [2.05, 4.69) is 26.0 Å². The van der Waals surface area contributed by atoms with E-state index in [-0.39, 0.29) is 6.04 Å². The zero-order valence-electron chi connectivity index (χ0n) is 12.6. The fourth-order valence-corrected chi connectivity index (χ4v) is 2.05. The van der Waals surface area contributed by atoms with Gasteiger partial charge in [-0.25, -0.2) is 0 Å². The van der Waals surface area contributed by atoms with Gasteiger partial charge in [0.2, 0.25) is 0 Å². The molecule has 3 heteroatoms. The summed E-state index contributed by atoms with van der Waals surface area (Å²) in [5, 5.41) is 0. The first-order valence-electron chi connectivity index (χ1n) is 7.23. The van der Waals surface area contributed by atoms with Gasteiger partial charge in [-0.2, -0.15) is 0 Å². The zero-order chi connectivity index (χ0) is 14.3. The van der Waals surface area contributed by atoms with Crippen molar-refractivity contribution in [3.8, 4) is 11.5 Å². The molecule has 0 amide bonds. The highest BCUT2D eigenvalue weighted by Crippen LogP contribution is 2.32. The molecule has 0 saturated heterocycles. The Morgan fingerprint density at radius 3 is 2.21 bits per heavy atom. The number of hydrogen-bond donors (Lipinski definition) is 1. The molecular formula is C16H27NO2. The summed E-state index contributed by atoms with van der Waals surface area (Å²) in [5.74, 6) is 2.16. The molecule has 108 valence electrons. The van der Waals surface area contributed by atoms with Crippen molar-refractivity contribution in [3.05, 3.63) is 23.8 Å². The molecule has 0 aliphatic rings. The summed E-state index contributed by atoms with van der Waals surface area (Å²) in [5.41, 5.74) is 7.10. The van der Waals surface area contributed by atoms with E-state index in [1.165, 1.54) is 5.56 Å². The Bertz CT molecular complexity index is 377. The standard InChI is InChI=1S/C16H27NO2/c1-5-18-15-10-9-14(11-16(15)19-6-2)12(3)7-8-13(4)17/h9-13H,5-8,17H2,1-4H3. The number of ether oxygens (including phenoxy) is 2. The van der Waals surface area contributed by atoms with Gasteiger partial charge in [-0.3, -0.25) is 0 Å². The maximum Gasteiger partial charge on any atom is 0.161 e. The van der Waals surface area contributed by atoms with E-state index in [0.29, 0.717) is 19.1 Å². The third-order valence-corrected chi connectivity index (χ3v) is 3.19. The van der Waals surface area contributed by atoms with Gasteiger partial charge < -0.3 is 15.2 Å². The van der Waals surface area contributed by atoms with Crippen LogP contribution in [0.15, 0.2) is 18.2 Å². The van der Waals surface area contributed by atoms with Gasteiger partial charge in [-0.1, -0.05) is 13.0 Å². The zero-order valence-corrected chi connectivity index (χ0v) is 12.6. The van der Waals surface area contributed by atoms with Gasteiger partial charge in [0.25, 0.3) is 0 Å². The van der Waals surface area contributed by atoms with Crippen molar-refractivity contribution >= 4 is 0 Å². The van der Waals surface area contributed by atoms with Gasteiger partial charge >= 0.3 is 0 Å². The molecule has 1 aromatic rings. The number of benzene rings is 1. The number of nitrogens with two attached hydrogens (primary N) is 1.